The normalized spacial score (nSPS) is 10.1. The van der Waals surface area contributed by atoms with Crippen molar-refractivity contribution < 1.29 is 23.5 Å². The predicted molar refractivity (Wildman–Crippen MR) is 87.5 cm³/mol. The fourth-order valence-corrected chi connectivity index (χ4v) is 1.94. The van der Waals surface area contributed by atoms with Crippen molar-refractivity contribution in [2.45, 2.75) is 13.8 Å². The third kappa shape index (κ3) is 4.01. The largest absolute Gasteiger partial charge is 0.462 e. The molecular weight excluding hydrogens is 314 g/mol. The van der Waals surface area contributed by atoms with Gasteiger partial charge in [0.05, 0.1) is 18.6 Å². The van der Waals surface area contributed by atoms with Crippen LogP contribution in [0.25, 0.3) is 11.0 Å². The average Bonchev–Trinajstić information content (AvgIpc) is 2.55. The lowest BCUT2D eigenvalue weighted by Crippen LogP contribution is -2.19. The Morgan fingerprint density at radius 1 is 1.12 bits per heavy atom. The number of esters is 2. The minimum absolute atomic E-state index is 0.0878. The lowest BCUT2D eigenvalue weighted by Gasteiger charge is -2.07. The lowest BCUT2D eigenvalue weighted by atomic mass is 10.2. The van der Waals surface area contributed by atoms with Crippen LogP contribution in [0.1, 0.15) is 13.8 Å². The molecule has 0 radical (unpaired) electrons. The zero-order chi connectivity index (χ0) is 17.5. The molecule has 1 aromatic carbocycles. The van der Waals surface area contributed by atoms with E-state index in [1.807, 2.05) is 0 Å². The Morgan fingerprint density at radius 2 is 1.75 bits per heavy atom. The van der Waals surface area contributed by atoms with E-state index >= 15 is 0 Å². The Bertz CT molecular complexity index is 816. The molecule has 2 aromatic rings. The summed E-state index contributed by atoms with van der Waals surface area (Å²) in [6.07, 6.45) is 1.10. The van der Waals surface area contributed by atoms with Gasteiger partial charge in [-0.15, -0.1) is 0 Å². The van der Waals surface area contributed by atoms with Gasteiger partial charge in [-0.2, -0.15) is 0 Å². The molecule has 0 saturated carbocycles. The first-order valence-electron chi connectivity index (χ1n) is 7.40. The van der Waals surface area contributed by atoms with Gasteiger partial charge < -0.3 is 19.2 Å². The van der Waals surface area contributed by atoms with E-state index in [0.717, 1.165) is 6.20 Å². The predicted octanol–water partition coefficient (Wildman–Crippen LogP) is 2.21. The van der Waals surface area contributed by atoms with Crippen LogP contribution in [0.5, 0.6) is 0 Å². The van der Waals surface area contributed by atoms with E-state index in [-0.39, 0.29) is 30.1 Å². The van der Waals surface area contributed by atoms with Crippen LogP contribution in [0.3, 0.4) is 0 Å². The Balaban J connectivity index is 2.32. The van der Waals surface area contributed by atoms with Crippen LogP contribution in [-0.2, 0) is 19.1 Å². The molecule has 1 aromatic heterocycles. The van der Waals surface area contributed by atoms with Gasteiger partial charge in [0.2, 0.25) is 5.88 Å². The van der Waals surface area contributed by atoms with E-state index in [1.54, 1.807) is 38.1 Å². The van der Waals surface area contributed by atoms with E-state index in [2.05, 4.69) is 5.32 Å². The van der Waals surface area contributed by atoms with Crippen LogP contribution in [0.4, 0.5) is 5.88 Å². The van der Waals surface area contributed by atoms with Crippen LogP contribution in [0.2, 0.25) is 0 Å². The molecule has 2 rings (SSSR count). The first-order valence-corrected chi connectivity index (χ1v) is 7.40. The summed E-state index contributed by atoms with van der Waals surface area (Å²) in [5, 5.41) is 3.06. The second-order valence-electron chi connectivity index (χ2n) is 4.61. The van der Waals surface area contributed by atoms with Crippen molar-refractivity contribution in [1.29, 1.82) is 0 Å². The molecule has 0 aliphatic rings. The van der Waals surface area contributed by atoms with Crippen LogP contribution in [0, 0.1) is 0 Å². The number of para-hydroxylation sites is 1. The van der Waals surface area contributed by atoms with E-state index in [4.69, 9.17) is 13.9 Å². The summed E-state index contributed by atoms with van der Waals surface area (Å²) in [7, 11) is 0. The SMILES string of the molecule is CCOC(=O)C(=CNc1cc(=O)c2ccccc2o1)C(=O)OCC. The van der Waals surface area contributed by atoms with Crippen molar-refractivity contribution in [1.82, 2.24) is 0 Å². The van der Waals surface area contributed by atoms with Gasteiger partial charge in [0, 0.05) is 12.3 Å². The number of ether oxygens (including phenoxy) is 2. The number of hydrogen-bond acceptors (Lipinski definition) is 7. The standard InChI is InChI=1S/C17H17NO6/c1-3-22-16(20)12(17(21)23-4-2)10-18-15-9-13(19)11-7-5-6-8-14(11)24-15/h5-10,18H,3-4H2,1-2H3. The first kappa shape index (κ1) is 17.3. The van der Waals surface area contributed by atoms with Crippen molar-refractivity contribution in [2.75, 3.05) is 18.5 Å². The monoisotopic (exact) mass is 331 g/mol. The summed E-state index contributed by atoms with van der Waals surface area (Å²) in [5.41, 5.74) is -0.189. The fourth-order valence-electron chi connectivity index (χ4n) is 1.94. The molecule has 0 aliphatic carbocycles. The molecule has 7 nitrogen and oxygen atoms in total. The Labute approximate surface area is 137 Å². The van der Waals surface area contributed by atoms with Crippen LogP contribution < -0.4 is 10.7 Å². The van der Waals surface area contributed by atoms with Gasteiger partial charge in [0.1, 0.15) is 5.58 Å². The van der Waals surface area contributed by atoms with Crippen molar-refractivity contribution in [3.63, 3.8) is 0 Å². The highest BCUT2D eigenvalue weighted by molar-refractivity contribution is 6.14. The molecule has 0 saturated heterocycles. The summed E-state index contributed by atoms with van der Waals surface area (Å²) >= 11 is 0. The number of fused-ring (bicyclic) bond motifs is 1. The van der Waals surface area contributed by atoms with Crippen molar-refractivity contribution in [3.8, 4) is 0 Å². The summed E-state index contributed by atoms with van der Waals surface area (Å²) in [5.74, 6) is -1.57. The number of benzene rings is 1. The minimum Gasteiger partial charge on any atom is -0.462 e. The molecule has 0 amide bonds. The van der Waals surface area contributed by atoms with Gasteiger partial charge in [0.25, 0.3) is 0 Å². The zero-order valence-electron chi connectivity index (χ0n) is 13.3. The molecule has 1 heterocycles. The smallest absolute Gasteiger partial charge is 0.347 e. The summed E-state index contributed by atoms with van der Waals surface area (Å²) in [6, 6.07) is 7.97. The zero-order valence-corrected chi connectivity index (χ0v) is 13.3. The van der Waals surface area contributed by atoms with Crippen LogP contribution in [-0.4, -0.2) is 25.2 Å². The van der Waals surface area contributed by atoms with Gasteiger partial charge in [-0.3, -0.25) is 4.79 Å². The maximum Gasteiger partial charge on any atom is 0.347 e. The number of nitrogens with one attached hydrogen (secondary N) is 1. The van der Waals surface area contributed by atoms with E-state index in [1.165, 1.54) is 6.07 Å². The number of hydrogen-bond donors (Lipinski definition) is 1. The third-order valence-electron chi connectivity index (χ3n) is 2.98. The molecule has 7 heteroatoms. The molecule has 0 bridgehead atoms. The molecule has 0 unspecified atom stereocenters. The average molecular weight is 331 g/mol. The number of anilines is 1. The molecular formula is C17H17NO6. The molecule has 0 atom stereocenters. The third-order valence-corrected chi connectivity index (χ3v) is 2.98. The molecule has 0 spiro atoms. The van der Waals surface area contributed by atoms with Crippen LogP contribution >= 0.6 is 0 Å². The van der Waals surface area contributed by atoms with Crippen LogP contribution in [0.15, 0.2) is 51.3 Å². The number of rotatable bonds is 6. The molecule has 24 heavy (non-hydrogen) atoms. The van der Waals surface area contributed by atoms with Gasteiger partial charge in [0.15, 0.2) is 11.0 Å². The first-order chi connectivity index (χ1) is 11.6. The second-order valence-corrected chi connectivity index (χ2v) is 4.61. The fraction of sp³-hybridized carbons (Fsp3) is 0.235. The highest BCUT2D eigenvalue weighted by atomic mass is 16.6. The van der Waals surface area contributed by atoms with Gasteiger partial charge in [-0.05, 0) is 26.0 Å². The van der Waals surface area contributed by atoms with E-state index < -0.39 is 11.9 Å². The Kier molecular flexibility index (Phi) is 5.73. The summed E-state index contributed by atoms with van der Waals surface area (Å²) in [6.45, 7) is 3.47. The van der Waals surface area contributed by atoms with Crippen molar-refractivity contribution in [3.05, 3.63) is 52.3 Å². The molecule has 0 fully saturated rings. The quantitative estimate of drug-likeness (QED) is 0.375. The van der Waals surface area contributed by atoms with E-state index in [9.17, 15) is 14.4 Å². The van der Waals surface area contributed by atoms with Gasteiger partial charge in [-0.25, -0.2) is 9.59 Å². The second kappa shape index (κ2) is 7.96. The topological polar surface area (TPSA) is 94.8 Å². The highest BCUT2D eigenvalue weighted by Crippen LogP contribution is 2.15. The number of carbonyl (C=O) groups is 2. The molecule has 126 valence electrons. The maximum absolute atomic E-state index is 12.0. The Hall–Kier alpha value is -3.09. The molecule has 0 aliphatic heterocycles. The van der Waals surface area contributed by atoms with Gasteiger partial charge >= 0.3 is 11.9 Å². The lowest BCUT2D eigenvalue weighted by molar-refractivity contribution is -0.146. The Morgan fingerprint density at radius 3 is 2.38 bits per heavy atom. The highest BCUT2D eigenvalue weighted by Gasteiger charge is 2.21. The summed E-state index contributed by atoms with van der Waals surface area (Å²) < 4.78 is 15.1. The van der Waals surface area contributed by atoms with Crippen molar-refractivity contribution >= 4 is 28.8 Å². The van der Waals surface area contributed by atoms with Crippen molar-refractivity contribution in [2.24, 2.45) is 0 Å². The molecule has 1 N–H and O–H groups in total. The number of carbonyl (C=O) groups excluding carboxylic acids is 2. The van der Waals surface area contributed by atoms with E-state index in [0.29, 0.717) is 11.0 Å². The van der Waals surface area contributed by atoms with Gasteiger partial charge in [-0.1, -0.05) is 12.1 Å². The minimum atomic E-state index is -0.827. The maximum atomic E-state index is 12.0. The summed E-state index contributed by atoms with van der Waals surface area (Å²) in [4.78, 5) is 35.7.